The van der Waals surface area contributed by atoms with E-state index >= 15 is 0 Å². The third-order valence-electron chi connectivity index (χ3n) is 3.34. The Morgan fingerprint density at radius 2 is 1.58 bits per heavy atom. The van der Waals surface area contributed by atoms with Crippen LogP contribution in [0.2, 0.25) is 0 Å². The lowest BCUT2D eigenvalue weighted by Gasteiger charge is -2.21. The van der Waals surface area contributed by atoms with Crippen molar-refractivity contribution in [1.29, 1.82) is 0 Å². The van der Waals surface area contributed by atoms with Gasteiger partial charge in [-0.1, -0.05) is 39.0 Å². The Hall–Kier alpha value is -0.0800. The number of ether oxygens (including phenoxy) is 1. The lowest BCUT2D eigenvalue weighted by atomic mass is 10.1. The monoisotopic (exact) mass is 271 g/mol. The molecule has 0 saturated heterocycles. The molecule has 0 aliphatic heterocycles. The van der Waals surface area contributed by atoms with E-state index in [9.17, 15) is 0 Å². The van der Waals surface area contributed by atoms with E-state index in [1.807, 2.05) is 0 Å². The maximum absolute atomic E-state index is 5.85. The number of hydrogen-bond donors (Lipinski definition) is 1. The van der Waals surface area contributed by atoms with Crippen molar-refractivity contribution in [2.45, 2.75) is 97.6 Å². The third kappa shape index (κ3) is 15.9. The molecule has 2 nitrogen and oxygen atoms in total. The molecular formula is C17H37NO. The maximum atomic E-state index is 5.85. The summed E-state index contributed by atoms with van der Waals surface area (Å²) in [5.41, 5.74) is 0.239. The fourth-order valence-corrected chi connectivity index (χ4v) is 2.10. The van der Waals surface area contributed by atoms with Crippen molar-refractivity contribution in [2.24, 2.45) is 0 Å². The highest BCUT2D eigenvalue weighted by molar-refractivity contribution is 4.70. The van der Waals surface area contributed by atoms with Crippen molar-refractivity contribution in [3.05, 3.63) is 0 Å². The second-order valence-electron chi connectivity index (χ2n) is 6.77. The van der Waals surface area contributed by atoms with Crippen LogP contribution in [0.15, 0.2) is 0 Å². The van der Waals surface area contributed by atoms with Crippen LogP contribution >= 0.6 is 0 Å². The summed E-state index contributed by atoms with van der Waals surface area (Å²) in [6, 6.07) is 0. The summed E-state index contributed by atoms with van der Waals surface area (Å²) in [6.45, 7) is 13.1. The van der Waals surface area contributed by atoms with E-state index in [2.05, 4.69) is 39.9 Å². The van der Waals surface area contributed by atoms with Gasteiger partial charge in [-0.25, -0.2) is 0 Å². The molecule has 0 saturated carbocycles. The summed E-state index contributed by atoms with van der Waals surface area (Å²) in [7, 11) is 0. The van der Waals surface area contributed by atoms with Gasteiger partial charge in [0.2, 0.25) is 0 Å². The molecule has 1 atom stereocenters. The zero-order valence-electron chi connectivity index (χ0n) is 14.1. The summed E-state index contributed by atoms with van der Waals surface area (Å²) in [6.07, 6.45) is 10.8. The predicted molar refractivity (Wildman–Crippen MR) is 85.8 cm³/mol. The average Bonchev–Trinajstić information content (AvgIpc) is 2.32. The van der Waals surface area contributed by atoms with Crippen LogP contribution in [-0.4, -0.2) is 24.8 Å². The van der Waals surface area contributed by atoms with Crippen LogP contribution < -0.4 is 5.32 Å². The smallest absolute Gasteiger partial charge is 0.0547 e. The minimum Gasteiger partial charge on any atom is -0.379 e. The van der Waals surface area contributed by atoms with Crippen LogP contribution in [0.1, 0.15) is 86.0 Å². The average molecular weight is 271 g/mol. The molecule has 0 radical (unpaired) electrons. The standard InChI is InChI=1S/C17H37NO/c1-6-7-8-9-10-11-15-19-16(2)13-12-14-18-17(3,4)5/h16,18H,6-15H2,1-5H3. The first-order chi connectivity index (χ1) is 8.95. The molecule has 116 valence electrons. The highest BCUT2D eigenvalue weighted by Crippen LogP contribution is 2.07. The van der Waals surface area contributed by atoms with Crippen molar-refractivity contribution in [3.8, 4) is 0 Å². The largest absolute Gasteiger partial charge is 0.379 e. The van der Waals surface area contributed by atoms with Crippen molar-refractivity contribution in [1.82, 2.24) is 5.32 Å². The third-order valence-corrected chi connectivity index (χ3v) is 3.34. The summed E-state index contributed by atoms with van der Waals surface area (Å²) in [5, 5.41) is 3.52. The van der Waals surface area contributed by atoms with Gasteiger partial charge in [0.25, 0.3) is 0 Å². The summed E-state index contributed by atoms with van der Waals surface area (Å²) < 4.78 is 5.85. The molecule has 0 amide bonds. The van der Waals surface area contributed by atoms with E-state index in [1.165, 1.54) is 51.4 Å². The highest BCUT2D eigenvalue weighted by atomic mass is 16.5. The predicted octanol–water partition coefficient (Wildman–Crippen LogP) is 4.92. The molecule has 2 heteroatoms. The van der Waals surface area contributed by atoms with Gasteiger partial charge >= 0.3 is 0 Å². The zero-order chi connectivity index (χ0) is 14.6. The molecule has 1 N–H and O–H groups in total. The Labute approximate surface area is 121 Å². The SMILES string of the molecule is CCCCCCCCOC(C)CCCNC(C)(C)C. The van der Waals surface area contributed by atoms with Gasteiger partial charge in [-0.05, 0) is 53.5 Å². The minimum atomic E-state index is 0.239. The summed E-state index contributed by atoms with van der Waals surface area (Å²) >= 11 is 0. The summed E-state index contributed by atoms with van der Waals surface area (Å²) in [4.78, 5) is 0. The first-order valence-electron chi connectivity index (χ1n) is 8.32. The first-order valence-corrected chi connectivity index (χ1v) is 8.32. The molecule has 0 bridgehead atoms. The molecule has 0 fully saturated rings. The minimum absolute atomic E-state index is 0.239. The van der Waals surface area contributed by atoms with E-state index in [-0.39, 0.29) is 5.54 Å². The second-order valence-corrected chi connectivity index (χ2v) is 6.77. The molecule has 0 aromatic heterocycles. The Bertz CT molecular complexity index is 186. The molecule has 0 aliphatic rings. The molecule has 0 rings (SSSR count). The lowest BCUT2D eigenvalue weighted by molar-refractivity contribution is 0.0559. The Morgan fingerprint density at radius 3 is 2.21 bits per heavy atom. The van der Waals surface area contributed by atoms with Gasteiger partial charge in [-0.2, -0.15) is 0 Å². The first kappa shape index (κ1) is 18.9. The van der Waals surface area contributed by atoms with Crippen LogP contribution in [0.4, 0.5) is 0 Å². The van der Waals surface area contributed by atoms with Crippen LogP contribution in [0.5, 0.6) is 0 Å². The number of nitrogens with one attached hydrogen (secondary N) is 1. The molecular weight excluding hydrogens is 234 g/mol. The molecule has 0 aliphatic carbocycles. The van der Waals surface area contributed by atoms with Gasteiger partial charge in [0.05, 0.1) is 6.10 Å². The molecule has 0 aromatic carbocycles. The van der Waals surface area contributed by atoms with Crippen molar-refractivity contribution in [2.75, 3.05) is 13.2 Å². The van der Waals surface area contributed by atoms with E-state index in [0.29, 0.717) is 6.10 Å². The van der Waals surface area contributed by atoms with Gasteiger partial charge in [-0.3, -0.25) is 0 Å². The van der Waals surface area contributed by atoms with Crippen LogP contribution in [0.25, 0.3) is 0 Å². The Kier molecular flexibility index (Phi) is 11.7. The van der Waals surface area contributed by atoms with Gasteiger partial charge in [0.1, 0.15) is 0 Å². The number of unbranched alkanes of at least 4 members (excludes halogenated alkanes) is 5. The highest BCUT2D eigenvalue weighted by Gasteiger charge is 2.08. The molecule has 0 spiro atoms. The molecule has 0 heterocycles. The number of rotatable bonds is 12. The van der Waals surface area contributed by atoms with Gasteiger partial charge in [-0.15, -0.1) is 0 Å². The molecule has 1 unspecified atom stereocenters. The van der Waals surface area contributed by atoms with Crippen molar-refractivity contribution < 1.29 is 4.74 Å². The van der Waals surface area contributed by atoms with Gasteiger partial charge in [0, 0.05) is 12.1 Å². The quantitative estimate of drug-likeness (QED) is 0.509. The van der Waals surface area contributed by atoms with Crippen LogP contribution in [0.3, 0.4) is 0 Å². The van der Waals surface area contributed by atoms with Crippen molar-refractivity contribution in [3.63, 3.8) is 0 Å². The van der Waals surface area contributed by atoms with Crippen LogP contribution in [0, 0.1) is 0 Å². The normalized spacial score (nSPS) is 13.7. The number of hydrogen-bond acceptors (Lipinski definition) is 2. The Morgan fingerprint density at radius 1 is 0.947 bits per heavy atom. The topological polar surface area (TPSA) is 21.3 Å². The van der Waals surface area contributed by atoms with Crippen LogP contribution in [-0.2, 0) is 4.74 Å². The van der Waals surface area contributed by atoms with E-state index < -0.39 is 0 Å². The van der Waals surface area contributed by atoms with Gasteiger partial charge in [0.15, 0.2) is 0 Å². The van der Waals surface area contributed by atoms with E-state index in [1.54, 1.807) is 0 Å². The van der Waals surface area contributed by atoms with Gasteiger partial charge < -0.3 is 10.1 Å². The second kappa shape index (κ2) is 11.7. The molecule has 19 heavy (non-hydrogen) atoms. The molecule has 0 aromatic rings. The van der Waals surface area contributed by atoms with E-state index in [0.717, 1.165) is 13.2 Å². The zero-order valence-corrected chi connectivity index (χ0v) is 14.1. The lowest BCUT2D eigenvalue weighted by Crippen LogP contribution is -2.36. The van der Waals surface area contributed by atoms with Crippen molar-refractivity contribution >= 4 is 0 Å². The fourth-order valence-electron chi connectivity index (χ4n) is 2.10. The van der Waals surface area contributed by atoms with E-state index in [4.69, 9.17) is 4.74 Å². The summed E-state index contributed by atoms with van der Waals surface area (Å²) in [5.74, 6) is 0. The maximum Gasteiger partial charge on any atom is 0.0547 e. The fraction of sp³-hybridized carbons (Fsp3) is 1.00. The Balaban J connectivity index is 3.23.